The highest BCUT2D eigenvalue weighted by Crippen LogP contribution is 2.06. The number of nitrogens with zero attached hydrogens (tertiary/aromatic N) is 1. The molecule has 6 nitrogen and oxygen atoms in total. The van der Waals surface area contributed by atoms with Crippen LogP contribution in [-0.2, 0) is 16.1 Å². The lowest BCUT2D eigenvalue weighted by Crippen LogP contribution is -2.28. The number of carbonyl (C=O) groups excluding carboxylic acids is 1. The molecular weight excluding hydrogens is 246 g/mol. The van der Waals surface area contributed by atoms with Gasteiger partial charge in [-0.25, -0.2) is 0 Å². The first-order valence-corrected chi connectivity index (χ1v) is 6.33. The Hall–Kier alpha value is -1.66. The molecular formula is C13H21N3O3. The minimum atomic E-state index is -0.290. The van der Waals surface area contributed by atoms with Crippen molar-refractivity contribution >= 4 is 11.6 Å². The molecule has 6 heteroatoms. The van der Waals surface area contributed by atoms with Gasteiger partial charge in [-0.05, 0) is 12.5 Å². The summed E-state index contributed by atoms with van der Waals surface area (Å²) in [6.45, 7) is 2.91. The minimum absolute atomic E-state index is 0.0726. The lowest BCUT2D eigenvalue weighted by molar-refractivity contribution is -0.118. The quantitative estimate of drug-likeness (QED) is 0.756. The summed E-state index contributed by atoms with van der Waals surface area (Å²) in [7, 11) is 1.52. The summed E-state index contributed by atoms with van der Waals surface area (Å²) in [6.07, 6.45) is 2.41. The summed E-state index contributed by atoms with van der Waals surface area (Å²) >= 11 is 0. The van der Waals surface area contributed by atoms with E-state index in [4.69, 9.17) is 10.5 Å². The van der Waals surface area contributed by atoms with Gasteiger partial charge in [0.05, 0.1) is 18.2 Å². The molecule has 0 saturated heterocycles. The second kappa shape index (κ2) is 7.70. The van der Waals surface area contributed by atoms with Gasteiger partial charge in [-0.3, -0.25) is 9.59 Å². The molecule has 0 aliphatic rings. The Balaban J connectivity index is 2.69. The molecule has 0 aliphatic carbocycles. The number of aromatic nitrogens is 1. The number of nitrogens with one attached hydrogen (secondary N) is 1. The number of aryl methyl sites for hydroxylation is 1. The predicted molar refractivity (Wildman–Crippen MR) is 74.1 cm³/mol. The maximum absolute atomic E-state index is 11.8. The van der Waals surface area contributed by atoms with Crippen LogP contribution in [0.15, 0.2) is 23.1 Å². The maximum atomic E-state index is 11.8. The lowest BCUT2D eigenvalue weighted by Gasteiger charge is -2.13. The topological polar surface area (TPSA) is 86.3 Å². The number of methoxy groups -OCH3 is 1. The summed E-state index contributed by atoms with van der Waals surface area (Å²) in [5.41, 5.74) is 5.99. The smallest absolute Gasteiger partial charge is 0.250 e. The Bertz CT molecular complexity index is 466. The summed E-state index contributed by atoms with van der Waals surface area (Å²) in [5.74, 6) is -0.181. The normalized spacial score (nSPS) is 12.2. The van der Waals surface area contributed by atoms with Crippen LogP contribution in [0.1, 0.15) is 19.8 Å². The van der Waals surface area contributed by atoms with Gasteiger partial charge in [0.2, 0.25) is 5.91 Å². The van der Waals surface area contributed by atoms with Crippen molar-refractivity contribution in [3.8, 4) is 0 Å². The summed E-state index contributed by atoms with van der Waals surface area (Å²) in [6, 6.07) is 3.04. The number of amides is 1. The van der Waals surface area contributed by atoms with E-state index in [1.54, 1.807) is 16.8 Å². The Morgan fingerprint density at radius 3 is 2.84 bits per heavy atom. The zero-order valence-corrected chi connectivity index (χ0v) is 11.4. The highest BCUT2D eigenvalue weighted by atomic mass is 16.5. The third-order valence-electron chi connectivity index (χ3n) is 2.74. The van der Waals surface area contributed by atoms with Gasteiger partial charge in [0, 0.05) is 32.5 Å². The molecule has 0 saturated carbocycles. The largest absolute Gasteiger partial charge is 0.380 e. The number of nitrogens with two attached hydrogens (primary N) is 1. The molecule has 0 bridgehead atoms. The second-order valence-corrected chi connectivity index (χ2v) is 4.30. The summed E-state index contributed by atoms with van der Waals surface area (Å²) in [4.78, 5) is 23.3. The molecule has 1 rings (SSSR count). The molecule has 1 aromatic heterocycles. The van der Waals surface area contributed by atoms with Crippen molar-refractivity contribution in [1.82, 2.24) is 4.57 Å². The number of rotatable bonds is 7. The maximum Gasteiger partial charge on any atom is 0.250 e. The van der Waals surface area contributed by atoms with Crippen molar-refractivity contribution < 1.29 is 9.53 Å². The number of pyridine rings is 1. The third kappa shape index (κ3) is 4.84. The Morgan fingerprint density at radius 2 is 2.26 bits per heavy atom. The lowest BCUT2D eigenvalue weighted by atomic mass is 10.2. The first-order chi connectivity index (χ1) is 9.10. The van der Waals surface area contributed by atoms with Crippen LogP contribution in [0.2, 0.25) is 0 Å². The molecule has 0 aromatic carbocycles. The number of hydrogen-bond acceptors (Lipinski definition) is 4. The standard InChI is InChI=1S/C13H21N3O3/c1-3-6-16-9-10(4-5-13(16)18)15-12(17)7-11(8-14)19-2/h4-5,9,11H,3,6-8,14H2,1-2H3,(H,15,17). The SMILES string of the molecule is CCCn1cc(NC(=O)CC(CN)OC)ccc1=O. The van der Waals surface area contributed by atoms with Gasteiger partial charge in [-0.2, -0.15) is 0 Å². The van der Waals surface area contributed by atoms with Crippen LogP contribution >= 0.6 is 0 Å². The van der Waals surface area contributed by atoms with Crippen LogP contribution in [0, 0.1) is 0 Å². The minimum Gasteiger partial charge on any atom is -0.380 e. The van der Waals surface area contributed by atoms with Crippen LogP contribution < -0.4 is 16.6 Å². The number of anilines is 1. The van der Waals surface area contributed by atoms with Gasteiger partial charge >= 0.3 is 0 Å². The van der Waals surface area contributed by atoms with Crippen molar-refractivity contribution in [3.63, 3.8) is 0 Å². The van der Waals surface area contributed by atoms with Crippen molar-refractivity contribution in [2.24, 2.45) is 5.73 Å². The van der Waals surface area contributed by atoms with Crippen molar-refractivity contribution in [2.45, 2.75) is 32.4 Å². The third-order valence-corrected chi connectivity index (χ3v) is 2.74. The van der Waals surface area contributed by atoms with Crippen molar-refractivity contribution in [3.05, 3.63) is 28.7 Å². The van der Waals surface area contributed by atoms with E-state index < -0.39 is 0 Å². The van der Waals surface area contributed by atoms with Crippen molar-refractivity contribution in [1.29, 1.82) is 0 Å². The fraction of sp³-hybridized carbons (Fsp3) is 0.538. The molecule has 19 heavy (non-hydrogen) atoms. The molecule has 0 spiro atoms. The summed E-state index contributed by atoms with van der Waals surface area (Å²) in [5, 5.41) is 2.73. The van der Waals surface area contributed by atoms with E-state index in [-0.39, 0.29) is 24.0 Å². The summed E-state index contributed by atoms with van der Waals surface area (Å²) < 4.78 is 6.62. The van der Waals surface area contributed by atoms with E-state index >= 15 is 0 Å². The first-order valence-electron chi connectivity index (χ1n) is 6.33. The molecule has 1 unspecified atom stereocenters. The molecule has 106 valence electrons. The molecule has 0 aliphatic heterocycles. The Morgan fingerprint density at radius 1 is 1.53 bits per heavy atom. The molecule has 0 fully saturated rings. The Kier molecular flexibility index (Phi) is 6.24. The van der Waals surface area contributed by atoms with Crippen molar-refractivity contribution in [2.75, 3.05) is 19.0 Å². The van der Waals surface area contributed by atoms with Crippen LogP contribution in [0.3, 0.4) is 0 Å². The Labute approximate surface area is 112 Å². The second-order valence-electron chi connectivity index (χ2n) is 4.30. The zero-order chi connectivity index (χ0) is 14.3. The van der Waals surface area contributed by atoms with Gasteiger partial charge in [-0.15, -0.1) is 0 Å². The first kappa shape index (κ1) is 15.4. The highest BCUT2D eigenvalue weighted by Gasteiger charge is 2.11. The van der Waals surface area contributed by atoms with Gasteiger partial charge in [0.15, 0.2) is 0 Å². The number of hydrogen-bond donors (Lipinski definition) is 2. The van der Waals surface area contributed by atoms with Gasteiger partial charge in [0.1, 0.15) is 0 Å². The van der Waals surface area contributed by atoms with Crippen LogP contribution in [-0.4, -0.2) is 30.2 Å². The van der Waals surface area contributed by atoms with E-state index in [0.29, 0.717) is 18.8 Å². The molecule has 1 aromatic rings. The van der Waals surface area contributed by atoms with E-state index in [9.17, 15) is 9.59 Å². The van der Waals surface area contributed by atoms with E-state index in [1.165, 1.54) is 13.2 Å². The van der Waals surface area contributed by atoms with Crippen LogP contribution in [0.5, 0.6) is 0 Å². The fourth-order valence-electron chi connectivity index (χ4n) is 1.70. The molecule has 1 amide bonds. The van der Waals surface area contributed by atoms with Gasteiger partial charge < -0.3 is 20.4 Å². The van der Waals surface area contributed by atoms with Crippen LogP contribution in [0.25, 0.3) is 0 Å². The zero-order valence-electron chi connectivity index (χ0n) is 11.4. The van der Waals surface area contributed by atoms with E-state index in [0.717, 1.165) is 6.42 Å². The fourth-order valence-corrected chi connectivity index (χ4v) is 1.70. The molecule has 0 radical (unpaired) electrons. The molecule has 3 N–H and O–H groups in total. The number of carbonyl (C=O) groups is 1. The number of ether oxygens (including phenoxy) is 1. The van der Waals surface area contributed by atoms with Crippen LogP contribution in [0.4, 0.5) is 5.69 Å². The van der Waals surface area contributed by atoms with Gasteiger partial charge in [0.25, 0.3) is 5.56 Å². The highest BCUT2D eigenvalue weighted by molar-refractivity contribution is 5.90. The monoisotopic (exact) mass is 267 g/mol. The molecule has 1 heterocycles. The molecule has 1 atom stereocenters. The van der Waals surface area contributed by atoms with E-state index in [1.807, 2.05) is 6.92 Å². The average molecular weight is 267 g/mol. The van der Waals surface area contributed by atoms with E-state index in [2.05, 4.69) is 5.32 Å². The predicted octanol–water partition coefficient (Wildman–Crippen LogP) is 0.561. The van der Waals surface area contributed by atoms with Gasteiger partial charge in [-0.1, -0.05) is 6.92 Å². The average Bonchev–Trinajstić information content (AvgIpc) is 2.40.